The smallest absolute Gasteiger partial charge is 0.123 e. The van der Waals surface area contributed by atoms with Crippen molar-refractivity contribution in [3.05, 3.63) is 53.1 Å². The van der Waals surface area contributed by atoms with Gasteiger partial charge in [-0.05, 0) is 36.6 Å². The number of aliphatic hydroxyl groups excluding tert-OH is 1. The quantitative estimate of drug-likeness (QED) is 0.897. The van der Waals surface area contributed by atoms with Gasteiger partial charge in [0.15, 0.2) is 0 Å². The second kappa shape index (κ2) is 5.97. The van der Waals surface area contributed by atoms with Gasteiger partial charge in [-0.2, -0.15) is 5.10 Å². The molecule has 0 aliphatic carbocycles. The summed E-state index contributed by atoms with van der Waals surface area (Å²) in [4.78, 5) is 0. The number of aliphatic hydroxyl groups is 1. The molecule has 1 atom stereocenters. The Balaban J connectivity index is 1.98. The lowest BCUT2D eigenvalue weighted by Crippen LogP contribution is -2.16. The fourth-order valence-electron chi connectivity index (χ4n) is 2.14. The molecule has 2 aromatic rings. The Labute approximate surface area is 112 Å². The van der Waals surface area contributed by atoms with Gasteiger partial charge >= 0.3 is 0 Å². The second-order valence-electron chi connectivity index (χ2n) is 4.79. The normalized spacial score (nSPS) is 12.6. The summed E-state index contributed by atoms with van der Waals surface area (Å²) in [5, 5.41) is 14.5. The molecule has 0 radical (unpaired) electrons. The van der Waals surface area contributed by atoms with Crippen LogP contribution in [0.5, 0.6) is 0 Å². The predicted octanol–water partition coefficient (Wildman–Crippen LogP) is 2.27. The van der Waals surface area contributed by atoms with Crippen LogP contribution in [-0.4, -0.2) is 21.0 Å². The van der Waals surface area contributed by atoms with E-state index in [-0.39, 0.29) is 5.82 Å². The van der Waals surface area contributed by atoms with E-state index in [0.717, 1.165) is 23.4 Å². The van der Waals surface area contributed by atoms with Gasteiger partial charge in [-0.25, -0.2) is 4.39 Å². The van der Waals surface area contributed by atoms with Gasteiger partial charge in [0.2, 0.25) is 0 Å². The third-order valence-electron chi connectivity index (χ3n) is 3.22. The highest BCUT2D eigenvalue weighted by molar-refractivity contribution is 5.18. The van der Waals surface area contributed by atoms with E-state index in [2.05, 4.69) is 12.0 Å². The van der Waals surface area contributed by atoms with Crippen molar-refractivity contribution >= 4 is 0 Å². The maximum Gasteiger partial charge on any atom is 0.123 e. The number of benzene rings is 1. The van der Waals surface area contributed by atoms with Gasteiger partial charge in [0.25, 0.3) is 0 Å². The number of halogens is 1. The van der Waals surface area contributed by atoms with E-state index in [1.54, 1.807) is 12.1 Å². The van der Waals surface area contributed by atoms with Crippen molar-refractivity contribution in [1.82, 2.24) is 9.78 Å². The summed E-state index contributed by atoms with van der Waals surface area (Å²) in [5.74, 6) is -0.252. The lowest BCUT2D eigenvalue weighted by atomic mass is 10.0. The first-order valence-corrected chi connectivity index (χ1v) is 6.52. The third-order valence-corrected chi connectivity index (χ3v) is 3.22. The van der Waals surface area contributed by atoms with Crippen molar-refractivity contribution in [2.24, 2.45) is 7.05 Å². The summed E-state index contributed by atoms with van der Waals surface area (Å²) >= 11 is 0. The highest BCUT2D eigenvalue weighted by Crippen LogP contribution is 2.11. The number of nitrogens with zero attached hydrogens (tertiary/aromatic N) is 2. The van der Waals surface area contributed by atoms with Crippen LogP contribution in [0.1, 0.15) is 23.9 Å². The topological polar surface area (TPSA) is 38.0 Å². The molecule has 0 amide bonds. The van der Waals surface area contributed by atoms with Crippen LogP contribution in [-0.2, 0) is 26.3 Å². The predicted molar refractivity (Wildman–Crippen MR) is 72.4 cm³/mol. The standard InChI is InChI=1S/C15H19FN2O/c1-3-13-9-14(18(2)17-13)10-15(19)8-11-4-6-12(16)7-5-11/h4-7,9,15,19H,3,8,10H2,1-2H3. The summed E-state index contributed by atoms with van der Waals surface area (Å²) in [6, 6.07) is 8.27. The number of aryl methyl sites for hydroxylation is 2. The molecule has 1 heterocycles. The molecule has 0 fully saturated rings. The van der Waals surface area contributed by atoms with E-state index in [1.165, 1.54) is 12.1 Å². The minimum absolute atomic E-state index is 0.252. The number of hydrogen-bond acceptors (Lipinski definition) is 2. The van der Waals surface area contributed by atoms with Crippen LogP contribution in [0.2, 0.25) is 0 Å². The largest absolute Gasteiger partial charge is 0.392 e. The molecule has 102 valence electrons. The molecule has 0 saturated carbocycles. The molecule has 2 rings (SSSR count). The Morgan fingerprint density at radius 1 is 1.26 bits per heavy atom. The van der Waals surface area contributed by atoms with Crippen LogP contribution in [0, 0.1) is 5.82 Å². The average Bonchev–Trinajstić information content (AvgIpc) is 2.73. The lowest BCUT2D eigenvalue weighted by Gasteiger charge is -2.10. The van der Waals surface area contributed by atoms with E-state index in [4.69, 9.17) is 0 Å². The Hall–Kier alpha value is -1.68. The maximum atomic E-state index is 12.8. The van der Waals surface area contributed by atoms with E-state index in [1.807, 2.05) is 17.8 Å². The van der Waals surface area contributed by atoms with Crippen LogP contribution in [0.15, 0.2) is 30.3 Å². The molecular formula is C15H19FN2O. The zero-order valence-electron chi connectivity index (χ0n) is 11.3. The van der Waals surface area contributed by atoms with Gasteiger partial charge < -0.3 is 5.11 Å². The van der Waals surface area contributed by atoms with Gasteiger partial charge in [0, 0.05) is 19.2 Å². The zero-order chi connectivity index (χ0) is 13.8. The van der Waals surface area contributed by atoms with Crippen LogP contribution >= 0.6 is 0 Å². The maximum absolute atomic E-state index is 12.8. The van der Waals surface area contributed by atoms with Crippen LogP contribution in [0.4, 0.5) is 4.39 Å². The molecule has 0 spiro atoms. The first kappa shape index (κ1) is 13.7. The Kier molecular flexibility index (Phi) is 4.32. The SMILES string of the molecule is CCc1cc(CC(O)Cc2ccc(F)cc2)n(C)n1. The van der Waals surface area contributed by atoms with Crippen molar-refractivity contribution in [3.63, 3.8) is 0 Å². The second-order valence-corrected chi connectivity index (χ2v) is 4.79. The fourth-order valence-corrected chi connectivity index (χ4v) is 2.14. The summed E-state index contributed by atoms with van der Waals surface area (Å²) in [5.41, 5.74) is 2.99. The number of hydrogen-bond donors (Lipinski definition) is 1. The monoisotopic (exact) mass is 262 g/mol. The molecule has 1 unspecified atom stereocenters. The molecule has 19 heavy (non-hydrogen) atoms. The first-order valence-electron chi connectivity index (χ1n) is 6.52. The highest BCUT2D eigenvalue weighted by atomic mass is 19.1. The molecule has 1 aromatic carbocycles. The van der Waals surface area contributed by atoms with E-state index in [0.29, 0.717) is 12.8 Å². The summed E-state index contributed by atoms with van der Waals surface area (Å²) in [7, 11) is 1.89. The molecular weight excluding hydrogens is 243 g/mol. The van der Waals surface area contributed by atoms with E-state index in [9.17, 15) is 9.50 Å². The lowest BCUT2D eigenvalue weighted by molar-refractivity contribution is 0.173. The van der Waals surface area contributed by atoms with E-state index < -0.39 is 6.10 Å². The van der Waals surface area contributed by atoms with Gasteiger partial charge in [0.05, 0.1) is 11.8 Å². The molecule has 1 aromatic heterocycles. The molecule has 0 aliphatic heterocycles. The van der Waals surface area contributed by atoms with Gasteiger partial charge in [-0.15, -0.1) is 0 Å². The minimum Gasteiger partial charge on any atom is -0.392 e. The van der Waals surface area contributed by atoms with Crippen molar-refractivity contribution in [2.45, 2.75) is 32.3 Å². The Bertz CT molecular complexity index is 534. The average molecular weight is 262 g/mol. The molecule has 0 saturated heterocycles. The van der Waals surface area contributed by atoms with Crippen LogP contribution in [0.3, 0.4) is 0 Å². The van der Waals surface area contributed by atoms with Crippen LogP contribution in [0.25, 0.3) is 0 Å². The summed E-state index contributed by atoms with van der Waals surface area (Å²) in [6.45, 7) is 2.06. The van der Waals surface area contributed by atoms with Gasteiger partial charge in [0.1, 0.15) is 5.82 Å². The number of rotatable bonds is 5. The first-order chi connectivity index (χ1) is 9.08. The minimum atomic E-state index is -0.481. The number of aromatic nitrogens is 2. The summed E-state index contributed by atoms with van der Waals surface area (Å²) < 4.78 is 14.6. The van der Waals surface area contributed by atoms with E-state index >= 15 is 0 Å². The molecule has 3 nitrogen and oxygen atoms in total. The summed E-state index contributed by atoms with van der Waals surface area (Å²) in [6.07, 6.45) is 1.49. The molecule has 1 N–H and O–H groups in total. The van der Waals surface area contributed by atoms with Crippen molar-refractivity contribution in [1.29, 1.82) is 0 Å². The van der Waals surface area contributed by atoms with Crippen molar-refractivity contribution < 1.29 is 9.50 Å². The Morgan fingerprint density at radius 2 is 1.95 bits per heavy atom. The molecule has 0 bridgehead atoms. The van der Waals surface area contributed by atoms with Crippen molar-refractivity contribution in [2.75, 3.05) is 0 Å². The van der Waals surface area contributed by atoms with Gasteiger partial charge in [-0.1, -0.05) is 19.1 Å². The highest BCUT2D eigenvalue weighted by Gasteiger charge is 2.11. The van der Waals surface area contributed by atoms with Gasteiger partial charge in [-0.3, -0.25) is 4.68 Å². The third kappa shape index (κ3) is 3.64. The fraction of sp³-hybridized carbons (Fsp3) is 0.400. The van der Waals surface area contributed by atoms with Crippen LogP contribution < -0.4 is 0 Å². The Morgan fingerprint density at radius 3 is 2.53 bits per heavy atom. The zero-order valence-corrected chi connectivity index (χ0v) is 11.3. The molecule has 4 heteroatoms. The molecule has 0 aliphatic rings. The van der Waals surface area contributed by atoms with Crippen molar-refractivity contribution in [3.8, 4) is 0 Å².